The second kappa shape index (κ2) is 13.7. The summed E-state index contributed by atoms with van der Waals surface area (Å²) in [5.74, 6) is 0.592. The predicted octanol–water partition coefficient (Wildman–Crippen LogP) is 7.77. The number of halogens is 3. The van der Waals surface area contributed by atoms with Gasteiger partial charge in [-0.15, -0.1) is 0 Å². The zero-order valence-electron chi connectivity index (χ0n) is 28.3. The summed E-state index contributed by atoms with van der Waals surface area (Å²) in [6.45, 7) is 11.6. The Morgan fingerprint density at radius 2 is 1.67 bits per heavy atom. The maximum Gasteiger partial charge on any atom is 0.416 e. The van der Waals surface area contributed by atoms with Gasteiger partial charge in [-0.1, -0.05) is 18.7 Å². The van der Waals surface area contributed by atoms with Crippen LogP contribution in [-0.2, 0) is 11.0 Å². The Kier molecular flexibility index (Phi) is 9.01. The van der Waals surface area contributed by atoms with Crippen molar-refractivity contribution in [2.45, 2.75) is 20.0 Å². The lowest BCUT2D eigenvalue weighted by Crippen LogP contribution is -2.46. The highest BCUT2D eigenvalue weighted by Crippen LogP contribution is 2.38. The molecular formula is C39H34F3N7O3. The number of ether oxygens (including phenoxy) is 1. The Hall–Kier alpha value is -6.37. The van der Waals surface area contributed by atoms with Gasteiger partial charge in [-0.25, -0.2) is 9.97 Å². The molecule has 0 spiro atoms. The van der Waals surface area contributed by atoms with Crippen LogP contribution in [0.15, 0.2) is 91.8 Å². The molecule has 4 heterocycles. The fraction of sp³-hybridized carbons (Fsp3) is 0.179. The second-order valence-electron chi connectivity index (χ2n) is 12.5. The number of H-pyrrole nitrogens is 1. The first-order chi connectivity index (χ1) is 24.9. The van der Waals surface area contributed by atoms with E-state index in [4.69, 9.17) is 4.74 Å². The summed E-state index contributed by atoms with van der Waals surface area (Å²) in [4.78, 5) is 42.5. The van der Waals surface area contributed by atoms with Gasteiger partial charge in [0.05, 0.1) is 16.8 Å². The fourth-order valence-corrected chi connectivity index (χ4v) is 6.48. The van der Waals surface area contributed by atoms with E-state index < -0.39 is 17.6 Å². The van der Waals surface area contributed by atoms with E-state index in [1.54, 1.807) is 60.9 Å². The van der Waals surface area contributed by atoms with Crippen LogP contribution in [0.1, 0.15) is 44.0 Å². The van der Waals surface area contributed by atoms with Crippen molar-refractivity contribution in [1.82, 2.24) is 19.9 Å². The standard InChI is InChI=1S/C39H34F3N7O3/c1-23-33(45-24(2)35(23)25(3)48-15-17-49(18-16-48)38-43-13-6-14-44-38)22-32-31-12-11-30(21-34(31)47-37(32)51)52-29-10-5-9-28(20-29)46-36(50)26-7-4-8-27(19-26)39(40,41)42/h4-14,19-22,45H,3,15-18H2,1-2H3,(H,46,50)(H,47,51)/b32-22-. The third kappa shape index (κ3) is 6.97. The van der Waals surface area contributed by atoms with Gasteiger partial charge in [-0.2, -0.15) is 13.2 Å². The highest BCUT2D eigenvalue weighted by Gasteiger charge is 2.31. The number of carbonyl (C=O) groups excluding carboxylic acids is 2. The molecule has 10 nitrogen and oxygen atoms in total. The van der Waals surface area contributed by atoms with Crippen LogP contribution in [0.25, 0.3) is 17.3 Å². The van der Waals surface area contributed by atoms with Crippen LogP contribution in [0.4, 0.5) is 30.5 Å². The highest BCUT2D eigenvalue weighted by atomic mass is 19.4. The molecule has 3 N–H and O–H groups in total. The quantitative estimate of drug-likeness (QED) is 0.141. The number of piperazine rings is 1. The van der Waals surface area contributed by atoms with E-state index in [1.807, 2.05) is 19.9 Å². The van der Waals surface area contributed by atoms with Gasteiger partial charge >= 0.3 is 6.18 Å². The molecule has 0 atom stereocenters. The topological polar surface area (TPSA) is 115 Å². The van der Waals surface area contributed by atoms with E-state index >= 15 is 0 Å². The monoisotopic (exact) mass is 705 g/mol. The number of fused-ring (bicyclic) bond motifs is 1. The lowest BCUT2D eigenvalue weighted by atomic mass is 10.0. The molecule has 0 unspecified atom stereocenters. The molecule has 13 heteroatoms. The molecule has 5 aromatic rings. The number of carbonyl (C=O) groups is 2. The molecule has 0 bridgehead atoms. The van der Waals surface area contributed by atoms with Crippen LogP contribution in [-0.4, -0.2) is 57.8 Å². The first kappa shape index (κ1) is 34.1. The van der Waals surface area contributed by atoms with E-state index in [1.165, 1.54) is 12.1 Å². The summed E-state index contributed by atoms with van der Waals surface area (Å²) in [5.41, 5.74) is 5.79. The Morgan fingerprint density at radius 3 is 2.42 bits per heavy atom. The first-order valence-corrected chi connectivity index (χ1v) is 16.5. The van der Waals surface area contributed by atoms with Crippen molar-refractivity contribution in [3.05, 3.63) is 131 Å². The summed E-state index contributed by atoms with van der Waals surface area (Å²) >= 11 is 0. The summed E-state index contributed by atoms with van der Waals surface area (Å²) in [6.07, 6.45) is 0.776. The molecule has 3 aromatic carbocycles. The number of alkyl halides is 3. The molecule has 0 saturated carbocycles. The SMILES string of the molecule is C=C(c1c(C)[nH]c(/C=C2\C(=O)Nc3cc(Oc4cccc(NC(=O)c5cccc(C(F)(F)F)c5)c4)ccc32)c1C)N1CCN(c2ncccn2)CC1. The van der Waals surface area contributed by atoms with Crippen molar-refractivity contribution >= 4 is 46.5 Å². The minimum atomic E-state index is -4.56. The van der Waals surface area contributed by atoms with E-state index in [0.29, 0.717) is 34.0 Å². The van der Waals surface area contributed by atoms with E-state index in [0.717, 1.165) is 72.5 Å². The molecule has 1 saturated heterocycles. The number of aryl methyl sites for hydroxylation is 1. The number of anilines is 3. The molecule has 2 aliphatic heterocycles. The third-order valence-electron chi connectivity index (χ3n) is 9.10. The van der Waals surface area contributed by atoms with Crippen LogP contribution in [0.2, 0.25) is 0 Å². The summed E-state index contributed by atoms with van der Waals surface area (Å²) < 4.78 is 45.4. The number of benzene rings is 3. The normalized spacial score (nSPS) is 15.0. The van der Waals surface area contributed by atoms with Gasteiger partial charge in [0.15, 0.2) is 0 Å². The average molecular weight is 706 g/mol. The van der Waals surface area contributed by atoms with Crippen molar-refractivity contribution < 1.29 is 27.5 Å². The van der Waals surface area contributed by atoms with Crippen LogP contribution in [0.3, 0.4) is 0 Å². The zero-order chi connectivity index (χ0) is 36.6. The maximum absolute atomic E-state index is 13.2. The molecule has 2 amide bonds. The van der Waals surface area contributed by atoms with Gasteiger partial charge in [0.1, 0.15) is 11.5 Å². The largest absolute Gasteiger partial charge is 0.457 e. The maximum atomic E-state index is 13.2. The van der Waals surface area contributed by atoms with Crippen LogP contribution in [0, 0.1) is 13.8 Å². The lowest BCUT2D eigenvalue weighted by molar-refractivity contribution is -0.137. The molecule has 0 radical (unpaired) electrons. The van der Waals surface area contributed by atoms with Crippen LogP contribution < -0.4 is 20.3 Å². The van der Waals surface area contributed by atoms with E-state index in [2.05, 4.69) is 42.0 Å². The predicted molar refractivity (Wildman–Crippen MR) is 194 cm³/mol. The third-order valence-corrected chi connectivity index (χ3v) is 9.10. The average Bonchev–Trinajstić information content (AvgIpc) is 3.60. The smallest absolute Gasteiger partial charge is 0.416 e. The van der Waals surface area contributed by atoms with Gasteiger partial charge in [0, 0.05) is 90.2 Å². The molecule has 7 rings (SSSR count). The van der Waals surface area contributed by atoms with Crippen LogP contribution >= 0.6 is 0 Å². The van der Waals surface area contributed by atoms with Crippen molar-refractivity contribution in [1.29, 1.82) is 0 Å². The Balaban J connectivity index is 1.04. The lowest BCUT2D eigenvalue weighted by Gasteiger charge is -2.37. The van der Waals surface area contributed by atoms with Gasteiger partial charge in [-0.3, -0.25) is 9.59 Å². The molecule has 2 aliphatic rings. The summed E-state index contributed by atoms with van der Waals surface area (Å²) in [6, 6.07) is 17.7. The number of amides is 2. The first-order valence-electron chi connectivity index (χ1n) is 16.5. The van der Waals surface area contributed by atoms with Gasteiger partial charge in [-0.05, 0) is 74.0 Å². The molecular weight excluding hydrogens is 671 g/mol. The molecule has 0 aliphatic carbocycles. The number of nitrogens with one attached hydrogen (secondary N) is 3. The van der Waals surface area contributed by atoms with Crippen molar-refractivity contribution in [2.75, 3.05) is 41.7 Å². The summed E-state index contributed by atoms with van der Waals surface area (Å²) in [7, 11) is 0. The van der Waals surface area contributed by atoms with E-state index in [9.17, 15) is 22.8 Å². The minimum absolute atomic E-state index is 0.126. The molecule has 2 aromatic heterocycles. The number of aromatic amines is 1. The van der Waals surface area contributed by atoms with Crippen LogP contribution in [0.5, 0.6) is 11.5 Å². The Bertz CT molecular complexity index is 2220. The molecule has 52 heavy (non-hydrogen) atoms. The fourth-order valence-electron chi connectivity index (χ4n) is 6.48. The Labute approximate surface area is 297 Å². The summed E-state index contributed by atoms with van der Waals surface area (Å²) in [5, 5.41) is 5.53. The minimum Gasteiger partial charge on any atom is -0.457 e. The van der Waals surface area contributed by atoms with Crippen molar-refractivity contribution in [3.8, 4) is 11.5 Å². The number of aromatic nitrogens is 3. The highest BCUT2D eigenvalue weighted by molar-refractivity contribution is 6.35. The number of rotatable bonds is 8. The van der Waals surface area contributed by atoms with Crippen molar-refractivity contribution in [2.24, 2.45) is 0 Å². The number of hydrogen-bond acceptors (Lipinski definition) is 7. The number of hydrogen-bond donors (Lipinski definition) is 3. The van der Waals surface area contributed by atoms with E-state index in [-0.39, 0.29) is 11.5 Å². The number of nitrogens with zero attached hydrogens (tertiary/aromatic N) is 4. The molecule has 264 valence electrons. The van der Waals surface area contributed by atoms with Gasteiger partial charge in [0.25, 0.3) is 11.8 Å². The zero-order valence-corrected chi connectivity index (χ0v) is 28.3. The van der Waals surface area contributed by atoms with Gasteiger partial charge in [0.2, 0.25) is 5.95 Å². The molecule has 1 fully saturated rings. The van der Waals surface area contributed by atoms with Crippen molar-refractivity contribution in [3.63, 3.8) is 0 Å². The second-order valence-corrected chi connectivity index (χ2v) is 12.5. The van der Waals surface area contributed by atoms with Gasteiger partial charge < -0.3 is 30.2 Å². The Morgan fingerprint density at radius 1 is 0.942 bits per heavy atom.